The highest BCUT2D eigenvalue weighted by Gasteiger charge is 2.35. The van der Waals surface area contributed by atoms with Crippen LogP contribution in [0.3, 0.4) is 0 Å². The van der Waals surface area contributed by atoms with Gasteiger partial charge >= 0.3 is 0 Å². The van der Waals surface area contributed by atoms with E-state index in [0.29, 0.717) is 6.10 Å². The first-order valence-electron chi connectivity index (χ1n) is 5.83. The highest BCUT2D eigenvalue weighted by molar-refractivity contribution is 9.09. The van der Waals surface area contributed by atoms with E-state index in [-0.39, 0.29) is 0 Å². The van der Waals surface area contributed by atoms with Crippen LogP contribution in [0.2, 0.25) is 0 Å². The average molecular weight is 262 g/mol. The van der Waals surface area contributed by atoms with Crippen LogP contribution in [0.4, 0.5) is 0 Å². The summed E-state index contributed by atoms with van der Waals surface area (Å²) in [6, 6.07) is 0.749. The van der Waals surface area contributed by atoms with Crippen molar-refractivity contribution in [2.45, 2.75) is 44.2 Å². The fourth-order valence-electron chi connectivity index (χ4n) is 2.69. The molecule has 14 heavy (non-hydrogen) atoms. The van der Waals surface area contributed by atoms with Crippen molar-refractivity contribution >= 4 is 15.9 Å². The molecular weight excluding hydrogens is 242 g/mol. The standard InChI is InChI=1S/C11H20BrNO/c12-6-1-2-7-13-8-9-14-11-5-3-4-10(11)13/h10-11H,1-9H2. The van der Waals surface area contributed by atoms with Crippen molar-refractivity contribution < 1.29 is 4.74 Å². The van der Waals surface area contributed by atoms with E-state index in [1.165, 1.54) is 38.6 Å². The minimum absolute atomic E-state index is 0.563. The van der Waals surface area contributed by atoms with Gasteiger partial charge < -0.3 is 4.74 Å². The van der Waals surface area contributed by atoms with Gasteiger partial charge in [-0.25, -0.2) is 0 Å². The minimum Gasteiger partial charge on any atom is -0.375 e. The maximum atomic E-state index is 5.79. The molecule has 2 atom stereocenters. The van der Waals surface area contributed by atoms with E-state index in [9.17, 15) is 0 Å². The Labute approximate surface area is 95.1 Å². The van der Waals surface area contributed by atoms with Crippen molar-refractivity contribution in [3.8, 4) is 0 Å². The first-order valence-corrected chi connectivity index (χ1v) is 6.95. The van der Waals surface area contributed by atoms with Gasteiger partial charge in [-0.1, -0.05) is 15.9 Å². The Balaban J connectivity index is 1.78. The third kappa shape index (κ3) is 2.50. The summed E-state index contributed by atoms with van der Waals surface area (Å²) in [5.74, 6) is 0. The molecule has 1 aliphatic carbocycles. The van der Waals surface area contributed by atoms with Crippen molar-refractivity contribution in [2.24, 2.45) is 0 Å². The molecule has 0 amide bonds. The number of hydrogen-bond donors (Lipinski definition) is 0. The molecule has 1 saturated heterocycles. The lowest BCUT2D eigenvalue weighted by atomic mass is 10.1. The molecule has 0 spiro atoms. The fourth-order valence-corrected chi connectivity index (χ4v) is 3.09. The van der Waals surface area contributed by atoms with E-state index in [1.807, 2.05) is 0 Å². The molecule has 82 valence electrons. The molecule has 0 aromatic heterocycles. The van der Waals surface area contributed by atoms with Crippen molar-refractivity contribution in [3.05, 3.63) is 0 Å². The summed E-state index contributed by atoms with van der Waals surface area (Å²) < 4.78 is 5.79. The van der Waals surface area contributed by atoms with Crippen molar-refractivity contribution in [3.63, 3.8) is 0 Å². The SMILES string of the molecule is BrCCCCN1CCOC2CCCC21. The zero-order valence-corrected chi connectivity index (χ0v) is 10.3. The summed E-state index contributed by atoms with van der Waals surface area (Å²) >= 11 is 3.49. The number of nitrogens with zero attached hydrogens (tertiary/aromatic N) is 1. The molecule has 3 heteroatoms. The summed E-state index contributed by atoms with van der Waals surface area (Å²) in [7, 11) is 0. The number of halogens is 1. The highest BCUT2D eigenvalue weighted by Crippen LogP contribution is 2.29. The van der Waals surface area contributed by atoms with Crippen molar-refractivity contribution in [1.82, 2.24) is 4.90 Å². The largest absolute Gasteiger partial charge is 0.375 e. The number of unbranched alkanes of at least 4 members (excludes halogenated alkanes) is 1. The third-order valence-electron chi connectivity index (χ3n) is 3.43. The molecule has 0 radical (unpaired) electrons. The van der Waals surface area contributed by atoms with Gasteiger partial charge in [0, 0.05) is 17.9 Å². The van der Waals surface area contributed by atoms with Crippen molar-refractivity contribution in [1.29, 1.82) is 0 Å². The van der Waals surface area contributed by atoms with Crippen LogP contribution in [-0.4, -0.2) is 42.1 Å². The first kappa shape index (κ1) is 10.9. The number of rotatable bonds is 4. The van der Waals surface area contributed by atoms with Crippen LogP contribution >= 0.6 is 15.9 Å². The van der Waals surface area contributed by atoms with E-state index in [2.05, 4.69) is 20.8 Å². The number of alkyl halides is 1. The molecule has 0 N–H and O–H groups in total. The number of hydrogen-bond acceptors (Lipinski definition) is 2. The van der Waals surface area contributed by atoms with E-state index in [4.69, 9.17) is 4.74 Å². The molecule has 0 aromatic carbocycles. The zero-order valence-electron chi connectivity index (χ0n) is 8.75. The number of morpholine rings is 1. The van der Waals surface area contributed by atoms with Crippen LogP contribution in [0.15, 0.2) is 0 Å². The first-order chi connectivity index (χ1) is 6.92. The summed E-state index contributed by atoms with van der Waals surface area (Å²) in [4.78, 5) is 2.66. The van der Waals surface area contributed by atoms with Gasteiger partial charge in [0.1, 0.15) is 0 Å². The highest BCUT2D eigenvalue weighted by atomic mass is 79.9. The molecule has 2 nitrogen and oxygen atoms in total. The van der Waals surface area contributed by atoms with Crippen LogP contribution < -0.4 is 0 Å². The maximum absolute atomic E-state index is 5.79. The van der Waals surface area contributed by atoms with Crippen LogP contribution in [0.25, 0.3) is 0 Å². The Morgan fingerprint density at radius 3 is 3.07 bits per heavy atom. The normalized spacial score (nSPS) is 33.2. The molecule has 1 saturated carbocycles. The molecule has 2 unspecified atom stereocenters. The Morgan fingerprint density at radius 1 is 1.29 bits per heavy atom. The Kier molecular flexibility index (Phi) is 4.26. The molecule has 0 aromatic rings. The zero-order chi connectivity index (χ0) is 9.80. The number of fused-ring (bicyclic) bond motifs is 1. The maximum Gasteiger partial charge on any atom is 0.0730 e. The smallest absolute Gasteiger partial charge is 0.0730 e. The van der Waals surface area contributed by atoms with Gasteiger partial charge in [0.15, 0.2) is 0 Å². The Hall–Kier alpha value is 0.400. The quantitative estimate of drug-likeness (QED) is 0.570. The average Bonchev–Trinajstić information content (AvgIpc) is 2.67. The molecule has 0 bridgehead atoms. The summed E-state index contributed by atoms with van der Waals surface area (Å²) in [6.45, 7) is 3.38. The lowest BCUT2D eigenvalue weighted by molar-refractivity contribution is -0.0557. The topological polar surface area (TPSA) is 12.5 Å². The van der Waals surface area contributed by atoms with Crippen LogP contribution in [-0.2, 0) is 4.74 Å². The second kappa shape index (κ2) is 5.47. The predicted molar refractivity (Wildman–Crippen MR) is 62.0 cm³/mol. The van der Waals surface area contributed by atoms with Gasteiger partial charge in [0.2, 0.25) is 0 Å². The van der Waals surface area contributed by atoms with E-state index >= 15 is 0 Å². The molecule has 2 fully saturated rings. The second-order valence-electron chi connectivity index (χ2n) is 4.34. The second-order valence-corrected chi connectivity index (χ2v) is 5.13. The third-order valence-corrected chi connectivity index (χ3v) is 3.99. The summed E-state index contributed by atoms with van der Waals surface area (Å²) in [5, 5.41) is 1.14. The Bertz CT molecular complexity index is 177. The van der Waals surface area contributed by atoms with Gasteiger partial charge in [-0.05, 0) is 38.6 Å². The van der Waals surface area contributed by atoms with Gasteiger partial charge in [0.25, 0.3) is 0 Å². The van der Waals surface area contributed by atoms with E-state index in [1.54, 1.807) is 0 Å². The molecule has 2 aliphatic rings. The van der Waals surface area contributed by atoms with E-state index in [0.717, 1.165) is 24.5 Å². The number of ether oxygens (including phenoxy) is 1. The van der Waals surface area contributed by atoms with Crippen LogP contribution in [0, 0.1) is 0 Å². The molecule has 2 rings (SSSR count). The lowest BCUT2D eigenvalue weighted by Crippen LogP contribution is -2.48. The van der Waals surface area contributed by atoms with Gasteiger partial charge in [-0.15, -0.1) is 0 Å². The summed E-state index contributed by atoms with van der Waals surface area (Å²) in [5.41, 5.74) is 0. The molecular formula is C11H20BrNO. The lowest BCUT2D eigenvalue weighted by Gasteiger charge is -2.37. The van der Waals surface area contributed by atoms with Gasteiger partial charge in [-0.3, -0.25) is 4.90 Å². The van der Waals surface area contributed by atoms with E-state index < -0.39 is 0 Å². The minimum atomic E-state index is 0.563. The van der Waals surface area contributed by atoms with Crippen molar-refractivity contribution in [2.75, 3.05) is 25.0 Å². The predicted octanol–water partition coefficient (Wildman–Crippen LogP) is 2.41. The Morgan fingerprint density at radius 2 is 2.21 bits per heavy atom. The molecule has 1 heterocycles. The van der Waals surface area contributed by atoms with Gasteiger partial charge in [0.05, 0.1) is 12.7 Å². The van der Waals surface area contributed by atoms with Crippen LogP contribution in [0.5, 0.6) is 0 Å². The summed E-state index contributed by atoms with van der Waals surface area (Å²) in [6.07, 6.45) is 7.21. The molecule has 1 aliphatic heterocycles. The van der Waals surface area contributed by atoms with Crippen LogP contribution in [0.1, 0.15) is 32.1 Å². The van der Waals surface area contributed by atoms with Gasteiger partial charge in [-0.2, -0.15) is 0 Å². The fraction of sp³-hybridized carbons (Fsp3) is 1.00. The monoisotopic (exact) mass is 261 g/mol.